The summed E-state index contributed by atoms with van der Waals surface area (Å²) in [5.74, 6) is -0.635. The van der Waals surface area contributed by atoms with Crippen LogP contribution < -0.4 is 0 Å². The minimum absolute atomic E-state index is 0.167. The highest BCUT2D eigenvalue weighted by Gasteiger charge is 2.12. The molecule has 0 amide bonds. The van der Waals surface area contributed by atoms with E-state index in [1.165, 1.54) is 13.0 Å². The van der Waals surface area contributed by atoms with Crippen LogP contribution in [0.5, 0.6) is 0 Å². The van der Waals surface area contributed by atoms with Crippen molar-refractivity contribution in [3.63, 3.8) is 0 Å². The highest BCUT2D eigenvalue weighted by Crippen LogP contribution is 2.23. The quantitative estimate of drug-likeness (QED) is 0.730. The summed E-state index contributed by atoms with van der Waals surface area (Å²) in [6, 6.07) is 3.21. The molecular weight excluding hydrogens is 235 g/mol. The Morgan fingerprint density at radius 3 is 2.62 bits per heavy atom. The lowest BCUT2D eigenvalue weighted by Gasteiger charge is -2.06. The zero-order chi connectivity index (χ0) is 10.0. The number of hydrogen-bond acceptors (Lipinski definition) is 1. The van der Waals surface area contributed by atoms with Crippen LogP contribution in [-0.4, -0.2) is 5.78 Å². The number of rotatable bonds is 2. The zero-order valence-corrected chi connectivity index (χ0v) is 9.11. The molecule has 0 heterocycles. The van der Waals surface area contributed by atoms with Gasteiger partial charge in [-0.25, -0.2) is 4.39 Å². The average Bonchev–Trinajstić information content (AvgIpc) is 2.04. The monoisotopic (exact) mass is 244 g/mol. The maximum Gasteiger partial charge on any atom is 0.162 e. The van der Waals surface area contributed by atoms with E-state index in [4.69, 9.17) is 0 Å². The van der Waals surface area contributed by atoms with Crippen LogP contribution in [0.15, 0.2) is 16.6 Å². The van der Waals surface area contributed by atoms with Crippen molar-refractivity contribution in [3.8, 4) is 0 Å². The summed E-state index contributed by atoms with van der Waals surface area (Å²) in [7, 11) is 0. The fourth-order valence-corrected chi connectivity index (χ4v) is 1.78. The summed E-state index contributed by atoms with van der Waals surface area (Å²) in [5.41, 5.74) is 0.729. The van der Waals surface area contributed by atoms with Gasteiger partial charge in [-0.3, -0.25) is 4.79 Å². The van der Waals surface area contributed by atoms with Crippen LogP contribution in [0.25, 0.3) is 0 Å². The third kappa shape index (κ3) is 1.97. The maximum atomic E-state index is 13.5. The van der Waals surface area contributed by atoms with Crippen molar-refractivity contribution < 1.29 is 9.18 Å². The predicted molar refractivity (Wildman–Crippen MR) is 53.5 cm³/mol. The van der Waals surface area contributed by atoms with E-state index in [1.54, 1.807) is 6.07 Å². The molecule has 0 bridgehead atoms. The van der Waals surface area contributed by atoms with Gasteiger partial charge in [0.15, 0.2) is 5.78 Å². The summed E-state index contributed by atoms with van der Waals surface area (Å²) < 4.78 is 14.3. The van der Waals surface area contributed by atoms with E-state index in [1.807, 2.05) is 6.92 Å². The zero-order valence-electron chi connectivity index (χ0n) is 7.53. The molecule has 0 saturated heterocycles. The summed E-state index contributed by atoms with van der Waals surface area (Å²) in [5, 5.41) is 0. The Balaban J connectivity index is 3.35. The van der Waals surface area contributed by atoms with Gasteiger partial charge in [-0.15, -0.1) is 0 Å². The molecule has 0 unspecified atom stereocenters. The first kappa shape index (κ1) is 10.4. The topological polar surface area (TPSA) is 17.1 Å². The van der Waals surface area contributed by atoms with E-state index >= 15 is 0 Å². The number of benzene rings is 1. The van der Waals surface area contributed by atoms with E-state index < -0.39 is 5.82 Å². The Labute approximate surface area is 85.1 Å². The van der Waals surface area contributed by atoms with Gasteiger partial charge in [0.05, 0.1) is 5.56 Å². The van der Waals surface area contributed by atoms with E-state index in [9.17, 15) is 9.18 Å². The van der Waals surface area contributed by atoms with Crippen LogP contribution >= 0.6 is 15.9 Å². The molecule has 0 fully saturated rings. The van der Waals surface area contributed by atoms with Crippen LogP contribution in [0, 0.1) is 5.82 Å². The summed E-state index contributed by atoms with van der Waals surface area (Å²) in [6.45, 7) is 3.22. The molecule has 0 spiro atoms. The van der Waals surface area contributed by atoms with Crippen LogP contribution in [0.3, 0.4) is 0 Å². The SMILES string of the molecule is CCc1c(Br)ccc(C(C)=O)c1F. The molecule has 0 N–H and O–H groups in total. The number of ketones is 1. The Morgan fingerprint density at radius 1 is 1.54 bits per heavy atom. The molecule has 0 saturated carbocycles. The first-order chi connectivity index (χ1) is 6.07. The Bertz CT molecular complexity index is 347. The molecule has 0 radical (unpaired) electrons. The van der Waals surface area contributed by atoms with Crippen LogP contribution in [0.1, 0.15) is 29.8 Å². The molecular formula is C10H10BrFO. The molecule has 1 aromatic carbocycles. The van der Waals surface area contributed by atoms with E-state index in [2.05, 4.69) is 15.9 Å². The smallest absolute Gasteiger partial charge is 0.162 e. The first-order valence-electron chi connectivity index (χ1n) is 4.05. The van der Waals surface area contributed by atoms with Gasteiger partial charge in [-0.1, -0.05) is 22.9 Å². The number of Topliss-reactive ketones (excluding diaryl/α,β-unsaturated/α-hetero) is 1. The lowest BCUT2D eigenvalue weighted by Crippen LogP contribution is -2.01. The lowest BCUT2D eigenvalue weighted by atomic mass is 10.1. The summed E-state index contributed by atoms with van der Waals surface area (Å²) in [4.78, 5) is 11.0. The van der Waals surface area contributed by atoms with Gasteiger partial charge < -0.3 is 0 Å². The van der Waals surface area contributed by atoms with Crippen molar-refractivity contribution in [1.82, 2.24) is 0 Å². The van der Waals surface area contributed by atoms with Gasteiger partial charge in [0, 0.05) is 10.0 Å². The second-order valence-corrected chi connectivity index (χ2v) is 3.65. The second-order valence-electron chi connectivity index (χ2n) is 2.80. The number of carbonyl (C=O) groups excluding carboxylic acids is 1. The standard InChI is InChI=1S/C10H10BrFO/c1-3-7-9(11)5-4-8(6(2)13)10(7)12/h4-5H,3H2,1-2H3. The van der Waals surface area contributed by atoms with Gasteiger partial charge in [0.25, 0.3) is 0 Å². The van der Waals surface area contributed by atoms with Gasteiger partial charge in [0.1, 0.15) is 5.82 Å². The van der Waals surface area contributed by atoms with Crippen molar-refractivity contribution in [1.29, 1.82) is 0 Å². The van der Waals surface area contributed by atoms with Crippen LogP contribution in [0.2, 0.25) is 0 Å². The molecule has 13 heavy (non-hydrogen) atoms. The second kappa shape index (κ2) is 4.01. The molecule has 0 aliphatic heterocycles. The van der Waals surface area contributed by atoms with E-state index in [0.717, 1.165) is 4.47 Å². The minimum Gasteiger partial charge on any atom is -0.294 e. The average molecular weight is 245 g/mol. The Morgan fingerprint density at radius 2 is 2.15 bits per heavy atom. The molecule has 70 valence electrons. The minimum atomic E-state index is -0.399. The molecule has 0 atom stereocenters. The van der Waals surface area contributed by atoms with Gasteiger partial charge in [0.2, 0.25) is 0 Å². The van der Waals surface area contributed by atoms with Gasteiger partial charge >= 0.3 is 0 Å². The maximum absolute atomic E-state index is 13.5. The van der Waals surface area contributed by atoms with E-state index in [0.29, 0.717) is 12.0 Å². The van der Waals surface area contributed by atoms with Crippen molar-refractivity contribution in [2.75, 3.05) is 0 Å². The van der Waals surface area contributed by atoms with Gasteiger partial charge in [-0.2, -0.15) is 0 Å². The number of carbonyl (C=O) groups is 1. The van der Waals surface area contributed by atoms with Gasteiger partial charge in [-0.05, 0) is 25.5 Å². The molecule has 1 rings (SSSR count). The van der Waals surface area contributed by atoms with Crippen LogP contribution in [-0.2, 0) is 6.42 Å². The molecule has 0 aliphatic carbocycles. The summed E-state index contributed by atoms with van der Waals surface area (Å²) >= 11 is 3.24. The van der Waals surface area contributed by atoms with Crippen molar-refractivity contribution in [2.45, 2.75) is 20.3 Å². The fourth-order valence-electron chi connectivity index (χ4n) is 1.19. The molecule has 1 aromatic rings. The highest BCUT2D eigenvalue weighted by atomic mass is 79.9. The van der Waals surface area contributed by atoms with E-state index in [-0.39, 0.29) is 11.3 Å². The summed E-state index contributed by atoms with van der Waals surface area (Å²) in [6.07, 6.45) is 0.577. The predicted octanol–water partition coefficient (Wildman–Crippen LogP) is 3.35. The van der Waals surface area contributed by atoms with Crippen molar-refractivity contribution >= 4 is 21.7 Å². The molecule has 0 aromatic heterocycles. The number of halogens is 2. The lowest BCUT2D eigenvalue weighted by molar-refractivity contribution is 0.101. The van der Waals surface area contributed by atoms with Crippen LogP contribution in [0.4, 0.5) is 4.39 Å². The number of hydrogen-bond donors (Lipinski definition) is 0. The molecule has 1 nitrogen and oxygen atoms in total. The van der Waals surface area contributed by atoms with Crippen molar-refractivity contribution in [2.24, 2.45) is 0 Å². The van der Waals surface area contributed by atoms with Crippen molar-refractivity contribution in [3.05, 3.63) is 33.5 Å². The Hall–Kier alpha value is -0.700. The third-order valence-electron chi connectivity index (χ3n) is 1.92. The first-order valence-corrected chi connectivity index (χ1v) is 4.85. The molecule has 0 aliphatic rings. The Kier molecular flexibility index (Phi) is 3.20. The molecule has 3 heteroatoms. The fraction of sp³-hybridized carbons (Fsp3) is 0.300. The third-order valence-corrected chi connectivity index (χ3v) is 2.66. The largest absolute Gasteiger partial charge is 0.294 e. The highest BCUT2D eigenvalue weighted by molar-refractivity contribution is 9.10. The normalized spacial score (nSPS) is 10.2.